The molecule has 5 heteroatoms. The molecule has 1 fully saturated rings. The average molecular weight is 314 g/mol. The van der Waals surface area contributed by atoms with E-state index in [2.05, 4.69) is 24.2 Å². The van der Waals surface area contributed by atoms with Gasteiger partial charge in [-0.15, -0.1) is 0 Å². The first-order valence-electron chi connectivity index (χ1n) is 7.66. The number of hydrogen-bond acceptors (Lipinski definition) is 3. The fraction of sp³-hybridized carbons (Fsp3) is 0.625. The normalized spacial score (nSPS) is 20.4. The van der Waals surface area contributed by atoms with E-state index in [1.807, 2.05) is 0 Å². The molecule has 21 heavy (non-hydrogen) atoms. The molecular weight excluding hydrogens is 289 g/mol. The summed E-state index contributed by atoms with van der Waals surface area (Å²) in [5.41, 5.74) is 3.45. The van der Waals surface area contributed by atoms with Gasteiger partial charge in [-0.05, 0) is 69.5 Å². The first-order chi connectivity index (χ1) is 10.0. The first-order valence-corrected chi connectivity index (χ1v) is 8.04. The van der Waals surface area contributed by atoms with Gasteiger partial charge in [-0.3, -0.25) is 16.2 Å². The first kappa shape index (κ1) is 16.7. The number of halogens is 2. The zero-order valence-corrected chi connectivity index (χ0v) is 13.6. The van der Waals surface area contributed by atoms with Gasteiger partial charge in [-0.25, -0.2) is 4.39 Å². The van der Waals surface area contributed by atoms with Gasteiger partial charge < -0.3 is 0 Å². The molecule has 0 bridgehead atoms. The maximum atomic E-state index is 14.0. The number of nitrogens with zero attached hydrogens (tertiary/aromatic N) is 1. The molecular formula is C16H25ClFN3. The van der Waals surface area contributed by atoms with Crippen molar-refractivity contribution >= 4 is 11.6 Å². The highest BCUT2D eigenvalue weighted by molar-refractivity contribution is 6.30. The van der Waals surface area contributed by atoms with E-state index < -0.39 is 0 Å². The fourth-order valence-corrected chi connectivity index (χ4v) is 3.49. The summed E-state index contributed by atoms with van der Waals surface area (Å²) in [6.07, 6.45) is 3.94. The Morgan fingerprint density at radius 2 is 2.10 bits per heavy atom. The predicted molar refractivity (Wildman–Crippen MR) is 85.7 cm³/mol. The SMILES string of the molecule is CCC(C)(C(Cc1cc(Cl)ccc1F)NN)N1CCCC1. The number of likely N-dealkylation sites (tertiary alicyclic amines) is 1. The van der Waals surface area contributed by atoms with Gasteiger partial charge in [0.15, 0.2) is 0 Å². The molecule has 1 saturated heterocycles. The highest BCUT2D eigenvalue weighted by atomic mass is 35.5. The van der Waals surface area contributed by atoms with Gasteiger partial charge in [0.1, 0.15) is 5.82 Å². The van der Waals surface area contributed by atoms with Crippen LogP contribution in [-0.2, 0) is 6.42 Å². The standard InChI is InChI=1S/C16H25ClFN3/c1-3-16(2,21-8-4-5-9-21)15(20-19)11-12-10-13(17)6-7-14(12)18/h6-7,10,15,20H,3-5,8-9,11,19H2,1-2H3. The fourth-order valence-electron chi connectivity index (χ4n) is 3.30. The third kappa shape index (κ3) is 3.57. The van der Waals surface area contributed by atoms with E-state index in [1.54, 1.807) is 12.1 Å². The number of hydrogen-bond donors (Lipinski definition) is 2. The summed E-state index contributed by atoms with van der Waals surface area (Å²) in [4.78, 5) is 2.47. The minimum absolute atomic E-state index is 0.0198. The Hall–Kier alpha value is -0.680. The van der Waals surface area contributed by atoms with E-state index in [0.29, 0.717) is 17.0 Å². The van der Waals surface area contributed by atoms with Crippen molar-refractivity contribution in [3.8, 4) is 0 Å². The summed E-state index contributed by atoms with van der Waals surface area (Å²) in [6.45, 7) is 6.55. The molecule has 2 rings (SSSR count). The molecule has 1 aliphatic rings. The van der Waals surface area contributed by atoms with Crippen LogP contribution in [0.2, 0.25) is 5.02 Å². The zero-order chi connectivity index (χ0) is 15.5. The lowest BCUT2D eigenvalue weighted by atomic mass is 9.84. The Bertz CT molecular complexity index is 477. The minimum atomic E-state index is -0.223. The van der Waals surface area contributed by atoms with Crippen molar-refractivity contribution < 1.29 is 4.39 Å². The molecule has 0 saturated carbocycles. The Balaban J connectivity index is 2.22. The lowest BCUT2D eigenvalue weighted by Gasteiger charge is -2.44. The number of nitrogens with two attached hydrogens (primary N) is 1. The van der Waals surface area contributed by atoms with Crippen LogP contribution >= 0.6 is 11.6 Å². The number of nitrogens with one attached hydrogen (secondary N) is 1. The lowest BCUT2D eigenvalue weighted by molar-refractivity contribution is 0.0837. The molecule has 1 aromatic rings. The van der Waals surface area contributed by atoms with E-state index in [1.165, 1.54) is 18.9 Å². The van der Waals surface area contributed by atoms with Crippen molar-refractivity contribution in [3.63, 3.8) is 0 Å². The lowest BCUT2D eigenvalue weighted by Crippen LogP contribution is -2.61. The van der Waals surface area contributed by atoms with Gasteiger partial charge in [-0.2, -0.15) is 0 Å². The van der Waals surface area contributed by atoms with Crippen LogP contribution in [0.15, 0.2) is 18.2 Å². The number of rotatable bonds is 6. The maximum absolute atomic E-state index is 14.0. The molecule has 0 spiro atoms. The van der Waals surface area contributed by atoms with E-state index >= 15 is 0 Å². The van der Waals surface area contributed by atoms with Gasteiger partial charge in [0.2, 0.25) is 0 Å². The predicted octanol–water partition coefficient (Wildman–Crippen LogP) is 3.12. The number of benzene rings is 1. The van der Waals surface area contributed by atoms with Crippen LogP contribution in [0.1, 0.15) is 38.7 Å². The monoisotopic (exact) mass is 313 g/mol. The molecule has 1 heterocycles. The van der Waals surface area contributed by atoms with Crippen molar-refractivity contribution in [1.29, 1.82) is 0 Å². The third-order valence-electron chi connectivity index (χ3n) is 4.93. The molecule has 0 aromatic heterocycles. The Labute approximate surface area is 131 Å². The second-order valence-corrected chi connectivity index (χ2v) is 6.50. The molecule has 1 aromatic carbocycles. The van der Waals surface area contributed by atoms with Gasteiger partial charge >= 0.3 is 0 Å². The molecule has 118 valence electrons. The highest BCUT2D eigenvalue weighted by Gasteiger charge is 2.39. The largest absolute Gasteiger partial charge is 0.296 e. The summed E-state index contributed by atoms with van der Waals surface area (Å²) in [6, 6.07) is 4.67. The third-order valence-corrected chi connectivity index (χ3v) is 5.16. The van der Waals surface area contributed by atoms with Crippen molar-refractivity contribution in [3.05, 3.63) is 34.6 Å². The van der Waals surface area contributed by atoms with E-state index in [0.717, 1.165) is 19.5 Å². The molecule has 0 aliphatic carbocycles. The van der Waals surface area contributed by atoms with Gasteiger partial charge in [0.05, 0.1) is 0 Å². The summed E-state index contributed by atoms with van der Waals surface area (Å²) in [5, 5.41) is 0.557. The topological polar surface area (TPSA) is 41.3 Å². The number of hydrazine groups is 1. The minimum Gasteiger partial charge on any atom is -0.296 e. The van der Waals surface area contributed by atoms with Crippen LogP contribution in [0.3, 0.4) is 0 Å². The molecule has 3 nitrogen and oxygen atoms in total. The maximum Gasteiger partial charge on any atom is 0.126 e. The summed E-state index contributed by atoms with van der Waals surface area (Å²) >= 11 is 5.99. The Kier molecular flexibility index (Phi) is 5.60. The molecule has 0 radical (unpaired) electrons. The van der Waals surface area contributed by atoms with Crippen molar-refractivity contribution in [2.75, 3.05) is 13.1 Å². The van der Waals surface area contributed by atoms with Gasteiger partial charge in [0.25, 0.3) is 0 Å². The van der Waals surface area contributed by atoms with Gasteiger partial charge in [-0.1, -0.05) is 18.5 Å². The van der Waals surface area contributed by atoms with Crippen molar-refractivity contribution in [1.82, 2.24) is 10.3 Å². The van der Waals surface area contributed by atoms with Crippen LogP contribution in [0.5, 0.6) is 0 Å². The summed E-state index contributed by atoms with van der Waals surface area (Å²) in [5.74, 6) is 5.58. The van der Waals surface area contributed by atoms with Crippen LogP contribution in [0.25, 0.3) is 0 Å². The highest BCUT2D eigenvalue weighted by Crippen LogP contribution is 2.30. The van der Waals surface area contributed by atoms with Crippen LogP contribution in [-0.4, -0.2) is 29.6 Å². The smallest absolute Gasteiger partial charge is 0.126 e. The molecule has 1 aliphatic heterocycles. The van der Waals surface area contributed by atoms with Crippen molar-refractivity contribution in [2.45, 2.75) is 51.1 Å². The van der Waals surface area contributed by atoms with Crippen LogP contribution < -0.4 is 11.3 Å². The van der Waals surface area contributed by atoms with Crippen molar-refractivity contribution in [2.24, 2.45) is 5.84 Å². The van der Waals surface area contributed by atoms with Crippen LogP contribution in [0, 0.1) is 5.82 Å². The quantitative estimate of drug-likeness (QED) is 0.626. The zero-order valence-electron chi connectivity index (χ0n) is 12.8. The molecule has 0 amide bonds. The molecule has 2 unspecified atom stereocenters. The average Bonchev–Trinajstić information content (AvgIpc) is 3.02. The Morgan fingerprint density at radius 1 is 1.43 bits per heavy atom. The second kappa shape index (κ2) is 7.05. The molecule has 2 atom stereocenters. The van der Waals surface area contributed by atoms with E-state index in [-0.39, 0.29) is 17.4 Å². The van der Waals surface area contributed by atoms with E-state index in [4.69, 9.17) is 17.4 Å². The summed E-state index contributed by atoms with van der Waals surface area (Å²) < 4.78 is 14.0. The second-order valence-electron chi connectivity index (χ2n) is 6.06. The Morgan fingerprint density at radius 3 is 2.67 bits per heavy atom. The molecule has 3 N–H and O–H groups in total. The van der Waals surface area contributed by atoms with Gasteiger partial charge in [0, 0.05) is 16.6 Å². The van der Waals surface area contributed by atoms with Crippen LogP contribution in [0.4, 0.5) is 4.39 Å². The van der Waals surface area contributed by atoms with E-state index in [9.17, 15) is 4.39 Å². The summed E-state index contributed by atoms with van der Waals surface area (Å²) in [7, 11) is 0.